The lowest BCUT2D eigenvalue weighted by atomic mass is 10.2. The first-order chi connectivity index (χ1) is 5.66. The maximum absolute atomic E-state index is 9.00. The number of aliphatic carboxylic acids is 1. The van der Waals surface area contributed by atoms with Crippen molar-refractivity contribution in [3.05, 3.63) is 35.9 Å². The Kier molecular flexibility index (Phi) is 10.2. The van der Waals surface area contributed by atoms with Crippen LogP contribution in [0.2, 0.25) is 0 Å². The van der Waals surface area contributed by atoms with Crippen LogP contribution in [0.1, 0.15) is 19.4 Å². The zero-order chi connectivity index (χ0) is 9.40. The monoisotopic (exact) mass is 200 g/mol. The number of carboxylic acids is 1. The summed E-state index contributed by atoms with van der Waals surface area (Å²) < 4.78 is 0. The zero-order valence-corrected chi connectivity index (χ0v) is 8.95. The molecule has 0 amide bonds. The van der Waals surface area contributed by atoms with Crippen LogP contribution in [-0.2, 0) is 11.2 Å². The smallest absolute Gasteiger partial charge is 0.300 e. The molecule has 0 aromatic heterocycles. The fourth-order valence-corrected chi connectivity index (χ4v) is 0.714. The Balaban J connectivity index is 0. The highest BCUT2D eigenvalue weighted by Gasteiger charge is 1.79. The second-order valence-electron chi connectivity index (χ2n) is 2.36. The third-order valence-corrected chi connectivity index (χ3v) is 1.25. The molecule has 3 heteroatoms. The Hall–Kier alpha value is -0.960. The van der Waals surface area contributed by atoms with Crippen molar-refractivity contribution in [1.82, 2.24) is 0 Å². The molecule has 74 valence electrons. The van der Waals surface area contributed by atoms with E-state index in [1.807, 2.05) is 6.07 Å². The molecule has 0 spiro atoms. The van der Waals surface area contributed by atoms with E-state index in [2.05, 4.69) is 31.2 Å². The van der Waals surface area contributed by atoms with Gasteiger partial charge in [0.1, 0.15) is 0 Å². The summed E-state index contributed by atoms with van der Waals surface area (Å²) in [6, 6.07) is 10.5. The van der Waals surface area contributed by atoms with E-state index in [9.17, 15) is 0 Å². The summed E-state index contributed by atoms with van der Waals surface area (Å²) in [6.45, 7) is 3.25. The molecule has 0 aliphatic carbocycles. The predicted octanol–water partition coefficient (Wildman–Crippen LogP) is 2.45. The highest BCUT2D eigenvalue weighted by Crippen LogP contribution is 1.96. The van der Waals surface area contributed by atoms with Crippen LogP contribution in [-0.4, -0.2) is 11.1 Å². The minimum Gasteiger partial charge on any atom is -0.481 e. The molecule has 1 aromatic carbocycles. The van der Waals surface area contributed by atoms with Gasteiger partial charge in [-0.2, -0.15) is 13.5 Å². The molecule has 0 radical (unpaired) electrons. The van der Waals surface area contributed by atoms with Crippen molar-refractivity contribution in [2.45, 2.75) is 20.3 Å². The number of benzene rings is 1. The van der Waals surface area contributed by atoms with Crippen molar-refractivity contribution in [2.24, 2.45) is 0 Å². The van der Waals surface area contributed by atoms with E-state index in [1.54, 1.807) is 0 Å². The van der Waals surface area contributed by atoms with E-state index >= 15 is 0 Å². The van der Waals surface area contributed by atoms with Gasteiger partial charge in [0, 0.05) is 6.92 Å². The van der Waals surface area contributed by atoms with Gasteiger partial charge in [-0.05, 0) is 12.0 Å². The van der Waals surface area contributed by atoms with Gasteiger partial charge < -0.3 is 5.11 Å². The molecule has 0 saturated heterocycles. The summed E-state index contributed by atoms with van der Waals surface area (Å²) in [7, 11) is 0. The van der Waals surface area contributed by atoms with Gasteiger partial charge in [-0.3, -0.25) is 4.79 Å². The molecule has 0 unspecified atom stereocenters. The van der Waals surface area contributed by atoms with E-state index in [1.165, 1.54) is 5.56 Å². The number of rotatable bonds is 1. The van der Waals surface area contributed by atoms with Crippen molar-refractivity contribution in [2.75, 3.05) is 0 Å². The average Bonchev–Trinajstić information content (AvgIpc) is 2.05. The van der Waals surface area contributed by atoms with Crippen LogP contribution in [0.5, 0.6) is 0 Å². The van der Waals surface area contributed by atoms with Gasteiger partial charge in [-0.1, -0.05) is 37.3 Å². The second-order valence-corrected chi connectivity index (χ2v) is 2.36. The minimum absolute atomic E-state index is 0. The third kappa shape index (κ3) is 11.0. The van der Waals surface area contributed by atoms with Crippen LogP contribution in [0.4, 0.5) is 0 Å². The van der Waals surface area contributed by atoms with E-state index in [0.29, 0.717) is 0 Å². The number of hydrogen-bond acceptors (Lipinski definition) is 1. The summed E-state index contributed by atoms with van der Waals surface area (Å²) in [4.78, 5) is 9.00. The van der Waals surface area contributed by atoms with Crippen molar-refractivity contribution in [1.29, 1.82) is 0 Å². The molecule has 0 saturated carbocycles. The predicted molar refractivity (Wildman–Crippen MR) is 59.5 cm³/mol. The lowest BCUT2D eigenvalue weighted by molar-refractivity contribution is -0.134. The van der Waals surface area contributed by atoms with Crippen molar-refractivity contribution >= 4 is 19.5 Å². The largest absolute Gasteiger partial charge is 0.481 e. The molecule has 0 aliphatic rings. The number of hydrogen-bond donors (Lipinski definition) is 1. The van der Waals surface area contributed by atoms with Crippen molar-refractivity contribution in [3.63, 3.8) is 0 Å². The molecule has 0 aliphatic heterocycles. The minimum atomic E-state index is -0.833. The molecule has 2 nitrogen and oxygen atoms in total. The Morgan fingerprint density at radius 3 is 1.92 bits per heavy atom. The fraction of sp³-hybridized carbons (Fsp3) is 0.300. The van der Waals surface area contributed by atoms with Crippen LogP contribution in [0, 0.1) is 0 Å². The van der Waals surface area contributed by atoms with E-state index in [-0.39, 0.29) is 13.5 Å². The Labute approximate surface area is 86.0 Å². The van der Waals surface area contributed by atoms with Crippen LogP contribution >= 0.6 is 13.5 Å². The van der Waals surface area contributed by atoms with Crippen molar-refractivity contribution in [3.8, 4) is 0 Å². The SMILES string of the molecule is CC(=O)O.CCc1ccccc1.S. The standard InChI is InChI=1S/C8H10.C2H4O2.H2S/c1-2-8-6-4-3-5-7-8;1-2(3)4;/h3-7H,2H2,1H3;1H3,(H,3,4);1H2. The molecule has 1 rings (SSSR count). The first-order valence-corrected chi connectivity index (χ1v) is 3.90. The van der Waals surface area contributed by atoms with Crippen LogP contribution in [0.25, 0.3) is 0 Å². The summed E-state index contributed by atoms with van der Waals surface area (Å²) in [5.74, 6) is -0.833. The van der Waals surface area contributed by atoms with Gasteiger partial charge in [0.15, 0.2) is 0 Å². The molecule has 1 N–H and O–H groups in total. The first kappa shape index (κ1) is 14.6. The van der Waals surface area contributed by atoms with E-state index in [0.717, 1.165) is 13.3 Å². The molecule has 0 atom stereocenters. The summed E-state index contributed by atoms with van der Waals surface area (Å²) >= 11 is 0. The normalized spacial score (nSPS) is 7.54. The number of carboxylic acid groups (broad SMARTS) is 1. The van der Waals surface area contributed by atoms with Crippen molar-refractivity contribution < 1.29 is 9.90 Å². The van der Waals surface area contributed by atoms with Gasteiger partial charge in [-0.25, -0.2) is 0 Å². The van der Waals surface area contributed by atoms with Gasteiger partial charge in [0.25, 0.3) is 5.97 Å². The maximum atomic E-state index is 9.00. The molecule has 0 bridgehead atoms. The van der Waals surface area contributed by atoms with E-state index < -0.39 is 5.97 Å². The molecule has 0 fully saturated rings. The maximum Gasteiger partial charge on any atom is 0.300 e. The van der Waals surface area contributed by atoms with Gasteiger partial charge in [0.2, 0.25) is 0 Å². The lowest BCUT2D eigenvalue weighted by Crippen LogP contribution is -1.78. The van der Waals surface area contributed by atoms with E-state index in [4.69, 9.17) is 9.90 Å². The Bertz CT molecular complexity index is 218. The summed E-state index contributed by atoms with van der Waals surface area (Å²) in [6.07, 6.45) is 1.14. The highest BCUT2D eigenvalue weighted by atomic mass is 32.1. The van der Waals surface area contributed by atoms with Gasteiger partial charge >= 0.3 is 0 Å². The Morgan fingerprint density at radius 2 is 1.69 bits per heavy atom. The average molecular weight is 200 g/mol. The number of aryl methyl sites for hydroxylation is 1. The molecular weight excluding hydrogens is 184 g/mol. The summed E-state index contributed by atoms with van der Waals surface area (Å²) in [5, 5.41) is 7.42. The molecular formula is C10H16O2S. The van der Waals surface area contributed by atoms with Gasteiger partial charge in [0.05, 0.1) is 0 Å². The summed E-state index contributed by atoms with van der Waals surface area (Å²) in [5.41, 5.74) is 1.41. The fourth-order valence-electron chi connectivity index (χ4n) is 0.714. The quantitative estimate of drug-likeness (QED) is 0.756. The highest BCUT2D eigenvalue weighted by molar-refractivity contribution is 7.59. The lowest BCUT2D eigenvalue weighted by Gasteiger charge is -1.89. The molecule has 0 heterocycles. The second kappa shape index (κ2) is 9.13. The third-order valence-electron chi connectivity index (χ3n) is 1.25. The van der Waals surface area contributed by atoms with Crippen LogP contribution < -0.4 is 0 Å². The van der Waals surface area contributed by atoms with Crippen LogP contribution in [0.15, 0.2) is 30.3 Å². The molecule has 1 aromatic rings. The molecule has 13 heavy (non-hydrogen) atoms. The Morgan fingerprint density at radius 1 is 1.31 bits per heavy atom. The van der Waals surface area contributed by atoms with Gasteiger partial charge in [-0.15, -0.1) is 0 Å². The van der Waals surface area contributed by atoms with Crippen LogP contribution in [0.3, 0.4) is 0 Å². The topological polar surface area (TPSA) is 37.3 Å². The zero-order valence-electron chi connectivity index (χ0n) is 7.95. The first-order valence-electron chi connectivity index (χ1n) is 3.90. The number of carbonyl (C=O) groups is 1.